The van der Waals surface area contributed by atoms with Gasteiger partial charge in [0.2, 0.25) is 0 Å². The predicted octanol–water partition coefficient (Wildman–Crippen LogP) is 2.69. The fourth-order valence-corrected chi connectivity index (χ4v) is 2.68. The van der Waals surface area contributed by atoms with Crippen molar-refractivity contribution in [3.8, 4) is 5.75 Å². The van der Waals surface area contributed by atoms with Crippen LogP contribution in [0.25, 0.3) is 0 Å². The molecule has 1 amide bonds. The lowest BCUT2D eigenvalue weighted by Crippen LogP contribution is -2.20. The van der Waals surface area contributed by atoms with Crippen LogP contribution in [0.4, 0.5) is 9.52 Å². The van der Waals surface area contributed by atoms with Crippen LogP contribution in [0.5, 0.6) is 5.75 Å². The number of aliphatic carboxylic acids is 1. The maximum atomic E-state index is 12.9. The van der Waals surface area contributed by atoms with Crippen LogP contribution in [0, 0.1) is 5.82 Å². The zero-order chi connectivity index (χ0) is 16.1. The monoisotopic (exact) mass is 388 g/mol. The van der Waals surface area contributed by atoms with E-state index in [4.69, 9.17) is 9.84 Å². The van der Waals surface area contributed by atoms with E-state index in [1.807, 2.05) is 0 Å². The minimum atomic E-state index is -0.993. The first-order valence-electron chi connectivity index (χ1n) is 5.98. The Morgan fingerprint density at radius 2 is 2.23 bits per heavy atom. The number of nitrogens with zero attached hydrogens (tertiary/aromatic N) is 1. The molecule has 0 aliphatic heterocycles. The minimum absolute atomic E-state index is 0.203. The second kappa shape index (κ2) is 7.32. The molecule has 0 aliphatic carbocycles. The molecule has 0 spiro atoms. The number of nitrogens with one attached hydrogen (secondary N) is 1. The molecule has 116 valence electrons. The lowest BCUT2D eigenvalue weighted by molar-refractivity contribution is -0.136. The van der Waals surface area contributed by atoms with Crippen LogP contribution < -0.4 is 10.1 Å². The van der Waals surface area contributed by atoms with Gasteiger partial charge in [0.25, 0.3) is 5.91 Å². The van der Waals surface area contributed by atoms with Crippen LogP contribution in [0.2, 0.25) is 0 Å². The second-order valence-corrected chi connectivity index (χ2v) is 5.84. The second-order valence-electron chi connectivity index (χ2n) is 4.13. The van der Waals surface area contributed by atoms with Crippen molar-refractivity contribution >= 4 is 44.3 Å². The lowest BCUT2D eigenvalue weighted by atomic mass is 10.3. The maximum absolute atomic E-state index is 12.9. The molecule has 0 saturated carbocycles. The smallest absolute Gasteiger partial charge is 0.309 e. The Hall–Kier alpha value is -2.00. The highest BCUT2D eigenvalue weighted by atomic mass is 79.9. The Labute approximate surface area is 137 Å². The van der Waals surface area contributed by atoms with Crippen molar-refractivity contribution in [3.05, 3.63) is 39.6 Å². The van der Waals surface area contributed by atoms with E-state index in [0.29, 0.717) is 21.0 Å². The average Bonchev–Trinajstić information content (AvgIpc) is 2.84. The third-order valence-electron chi connectivity index (χ3n) is 2.38. The Balaban J connectivity index is 1.87. The normalized spacial score (nSPS) is 10.3. The van der Waals surface area contributed by atoms with Gasteiger partial charge < -0.3 is 9.84 Å². The molecule has 0 atom stereocenters. The fourth-order valence-electron chi connectivity index (χ4n) is 1.49. The van der Waals surface area contributed by atoms with E-state index in [9.17, 15) is 14.0 Å². The fraction of sp³-hybridized carbons (Fsp3) is 0.154. The molecule has 0 aliphatic rings. The molecule has 2 rings (SSSR count). The molecule has 1 heterocycles. The maximum Gasteiger partial charge on any atom is 0.309 e. The van der Waals surface area contributed by atoms with Gasteiger partial charge in [0.1, 0.15) is 11.6 Å². The van der Waals surface area contributed by atoms with E-state index in [2.05, 4.69) is 26.2 Å². The topological polar surface area (TPSA) is 88.5 Å². The number of amides is 1. The Bertz CT molecular complexity index is 707. The van der Waals surface area contributed by atoms with Gasteiger partial charge in [-0.3, -0.25) is 14.9 Å². The highest BCUT2D eigenvalue weighted by Gasteiger charge is 2.10. The highest BCUT2D eigenvalue weighted by Crippen LogP contribution is 2.25. The van der Waals surface area contributed by atoms with Gasteiger partial charge in [0.05, 0.1) is 16.6 Å². The third kappa shape index (κ3) is 4.78. The summed E-state index contributed by atoms with van der Waals surface area (Å²) in [5, 5.41) is 13.0. The van der Waals surface area contributed by atoms with Crippen LogP contribution in [-0.4, -0.2) is 28.6 Å². The summed E-state index contributed by atoms with van der Waals surface area (Å²) in [5.74, 6) is -1.53. The number of thiazole rings is 1. The summed E-state index contributed by atoms with van der Waals surface area (Å²) >= 11 is 4.25. The summed E-state index contributed by atoms with van der Waals surface area (Å²) < 4.78 is 18.6. The van der Waals surface area contributed by atoms with Crippen molar-refractivity contribution in [1.82, 2.24) is 4.98 Å². The zero-order valence-corrected chi connectivity index (χ0v) is 13.4. The summed E-state index contributed by atoms with van der Waals surface area (Å²) in [5.41, 5.74) is 0.370. The van der Waals surface area contributed by atoms with Crippen molar-refractivity contribution < 1.29 is 23.8 Å². The molecule has 2 aromatic rings. The minimum Gasteiger partial charge on any atom is -0.483 e. The van der Waals surface area contributed by atoms with Crippen molar-refractivity contribution in [2.75, 3.05) is 11.9 Å². The largest absolute Gasteiger partial charge is 0.483 e. The molecule has 0 radical (unpaired) electrons. The number of carboxylic acid groups (broad SMARTS) is 1. The van der Waals surface area contributed by atoms with Crippen molar-refractivity contribution in [3.63, 3.8) is 0 Å². The van der Waals surface area contributed by atoms with E-state index in [0.717, 1.165) is 11.3 Å². The van der Waals surface area contributed by atoms with Crippen LogP contribution in [-0.2, 0) is 16.0 Å². The summed E-state index contributed by atoms with van der Waals surface area (Å²) in [6.45, 7) is -0.280. The Morgan fingerprint density at radius 1 is 1.45 bits per heavy atom. The molecule has 0 fully saturated rings. The van der Waals surface area contributed by atoms with Gasteiger partial charge in [-0.2, -0.15) is 0 Å². The third-order valence-corrected chi connectivity index (χ3v) is 3.81. The Kier molecular flexibility index (Phi) is 5.45. The van der Waals surface area contributed by atoms with Gasteiger partial charge in [0, 0.05) is 5.38 Å². The van der Waals surface area contributed by atoms with Gasteiger partial charge in [-0.1, -0.05) is 0 Å². The number of benzene rings is 1. The van der Waals surface area contributed by atoms with Crippen LogP contribution >= 0.6 is 27.3 Å². The molecule has 0 bridgehead atoms. The molecule has 6 nitrogen and oxygen atoms in total. The Morgan fingerprint density at radius 3 is 2.91 bits per heavy atom. The van der Waals surface area contributed by atoms with E-state index < -0.39 is 17.7 Å². The number of hydrogen-bond acceptors (Lipinski definition) is 5. The zero-order valence-electron chi connectivity index (χ0n) is 11.0. The predicted molar refractivity (Wildman–Crippen MR) is 81.7 cm³/mol. The summed E-state index contributed by atoms with van der Waals surface area (Å²) in [7, 11) is 0. The average molecular weight is 389 g/mol. The number of carbonyl (C=O) groups is 2. The first kappa shape index (κ1) is 16.4. The number of carbonyl (C=O) groups excluding carboxylic acids is 1. The number of anilines is 1. The number of halogens is 2. The number of carboxylic acids is 1. The number of rotatable bonds is 6. The SMILES string of the molecule is O=C(O)Cc1csc(NC(=O)COc2ccc(F)cc2Br)n1. The number of ether oxygens (including phenoxy) is 1. The first-order chi connectivity index (χ1) is 10.4. The van der Waals surface area contributed by atoms with Crippen LogP contribution in [0.3, 0.4) is 0 Å². The first-order valence-corrected chi connectivity index (χ1v) is 7.65. The summed E-state index contributed by atoms with van der Waals surface area (Å²) in [4.78, 5) is 26.2. The van der Waals surface area contributed by atoms with Crippen LogP contribution in [0.15, 0.2) is 28.1 Å². The van der Waals surface area contributed by atoms with Gasteiger partial charge in [-0.15, -0.1) is 11.3 Å². The van der Waals surface area contributed by atoms with E-state index in [-0.39, 0.29) is 13.0 Å². The van der Waals surface area contributed by atoms with Gasteiger partial charge >= 0.3 is 5.97 Å². The van der Waals surface area contributed by atoms with E-state index in [1.165, 1.54) is 18.2 Å². The van der Waals surface area contributed by atoms with Gasteiger partial charge in [-0.25, -0.2) is 9.37 Å². The van der Waals surface area contributed by atoms with Crippen molar-refractivity contribution in [2.45, 2.75) is 6.42 Å². The molecule has 0 saturated heterocycles. The highest BCUT2D eigenvalue weighted by molar-refractivity contribution is 9.10. The van der Waals surface area contributed by atoms with Gasteiger partial charge in [-0.05, 0) is 34.1 Å². The summed E-state index contributed by atoms with van der Waals surface area (Å²) in [6.07, 6.45) is -0.203. The van der Waals surface area contributed by atoms with Crippen molar-refractivity contribution in [2.24, 2.45) is 0 Å². The molecule has 1 aromatic heterocycles. The van der Waals surface area contributed by atoms with Crippen LogP contribution in [0.1, 0.15) is 5.69 Å². The lowest BCUT2D eigenvalue weighted by Gasteiger charge is -2.07. The molecular formula is C13H10BrFN2O4S. The molecule has 1 aromatic carbocycles. The molecule has 2 N–H and O–H groups in total. The number of aromatic nitrogens is 1. The molecular weight excluding hydrogens is 379 g/mol. The quantitative estimate of drug-likeness (QED) is 0.793. The van der Waals surface area contributed by atoms with E-state index in [1.54, 1.807) is 5.38 Å². The molecule has 0 unspecified atom stereocenters. The standard InChI is InChI=1S/C13H10BrFN2O4S/c14-9-3-7(15)1-2-10(9)21-5-11(18)17-13-16-8(6-22-13)4-12(19)20/h1-3,6H,4-5H2,(H,19,20)(H,16,17,18). The van der Waals surface area contributed by atoms with Crippen molar-refractivity contribution in [1.29, 1.82) is 0 Å². The molecule has 9 heteroatoms. The van der Waals surface area contributed by atoms with Gasteiger partial charge in [0.15, 0.2) is 11.7 Å². The summed E-state index contributed by atoms with van der Waals surface area (Å²) in [6, 6.07) is 3.85. The molecule has 22 heavy (non-hydrogen) atoms. The number of hydrogen-bond donors (Lipinski definition) is 2. The van der Waals surface area contributed by atoms with E-state index >= 15 is 0 Å².